The van der Waals surface area contributed by atoms with Crippen molar-refractivity contribution in [3.05, 3.63) is 41.7 Å². The summed E-state index contributed by atoms with van der Waals surface area (Å²) in [4.78, 5) is 27.6. The first-order chi connectivity index (χ1) is 23.4. The number of halogens is 1. The number of benzene rings is 3. The van der Waals surface area contributed by atoms with E-state index in [1.165, 1.54) is 26.4 Å². The molecule has 4 aromatic rings. The summed E-state index contributed by atoms with van der Waals surface area (Å²) < 4.78 is 48.7. The summed E-state index contributed by atoms with van der Waals surface area (Å²) >= 11 is 8.19. The van der Waals surface area contributed by atoms with Crippen molar-refractivity contribution >= 4 is 97.3 Å². The van der Waals surface area contributed by atoms with Gasteiger partial charge in [0.15, 0.2) is 17.0 Å². The molecule has 258 valence electrons. The van der Waals surface area contributed by atoms with Crippen molar-refractivity contribution in [2.75, 3.05) is 25.3 Å². The van der Waals surface area contributed by atoms with Crippen molar-refractivity contribution in [2.24, 2.45) is 10.2 Å². The van der Waals surface area contributed by atoms with Crippen LogP contribution in [0.25, 0.3) is 10.8 Å². The highest BCUT2D eigenvalue weighted by atomic mass is 35.5. The van der Waals surface area contributed by atoms with Gasteiger partial charge in [0.2, 0.25) is 11.2 Å². The molecule has 0 amide bonds. The monoisotopic (exact) mass is 774 g/mol. The summed E-state index contributed by atoms with van der Waals surface area (Å²) in [5.41, 5.74) is 0.426. The van der Waals surface area contributed by atoms with Gasteiger partial charge in [0.05, 0.1) is 41.8 Å². The summed E-state index contributed by atoms with van der Waals surface area (Å²) in [5, 5.41) is 47.2. The Morgan fingerprint density at radius 3 is 2.53 bits per heavy atom. The molecule has 0 bridgehead atoms. The van der Waals surface area contributed by atoms with E-state index in [2.05, 4.69) is 54.3 Å². The number of azo groups is 1. The normalized spacial score (nSPS) is 11.3. The Morgan fingerprint density at radius 2 is 1.84 bits per heavy atom. The molecule has 19 nitrogen and oxygen atoms in total. The van der Waals surface area contributed by atoms with E-state index in [1.54, 1.807) is 24.3 Å². The minimum absolute atomic E-state index is 0.0138. The Kier molecular flexibility index (Phi) is 13.3. The van der Waals surface area contributed by atoms with Gasteiger partial charge in [-0.15, -0.1) is 14.6 Å². The molecule has 0 saturated heterocycles. The molecule has 0 atom stereocenters. The van der Waals surface area contributed by atoms with Gasteiger partial charge in [0.25, 0.3) is 0 Å². The third-order valence-electron chi connectivity index (χ3n) is 5.46. The van der Waals surface area contributed by atoms with Crippen LogP contribution in [0.1, 0.15) is 0 Å². The Labute approximate surface area is 293 Å². The topological polar surface area (TPSA) is 263 Å². The molecule has 1 heterocycles. The highest BCUT2D eigenvalue weighted by Crippen LogP contribution is 2.46. The van der Waals surface area contributed by atoms with Gasteiger partial charge in [-0.25, -0.2) is 5.26 Å². The van der Waals surface area contributed by atoms with Gasteiger partial charge in [0.1, 0.15) is 22.9 Å². The average Bonchev–Trinajstić information content (AvgIpc) is 3.05. The van der Waals surface area contributed by atoms with Crippen LogP contribution in [0.5, 0.6) is 17.2 Å². The number of ether oxygens (including phenoxy) is 2. The highest BCUT2D eigenvalue weighted by molar-refractivity contribution is 8.04. The first-order valence-electron chi connectivity index (χ1n) is 12.6. The zero-order chi connectivity index (χ0) is 35.6. The van der Waals surface area contributed by atoms with Crippen molar-refractivity contribution in [1.82, 2.24) is 15.0 Å². The van der Waals surface area contributed by atoms with E-state index in [4.69, 9.17) is 36.0 Å². The molecule has 0 unspecified atom stereocenters. The summed E-state index contributed by atoms with van der Waals surface area (Å²) in [5.74, 6) is -1.30. The van der Waals surface area contributed by atoms with Crippen molar-refractivity contribution in [2.45, 2.75) is 14.9 Å². The number of hydrogen-bond acceptors (Lipinski definition) is 20. The molecular weight excluding hydrogens is 756 g/mol. The van der Waals surface area contributed by atoms with Crippen molar-refractivity contribution in [3.8, 4) is 28.6 Å². The molecule has 0 spiro atoms. The lowest BCUT2D eigenvalue weighted by atomic mass is 10.1. The maximum atomic E-state index is 11.3. The Balaban J connectivity index is 1.68. The van der Waals surface area contributed by atoms with E-state index in [1.807, 2.05) is 6.11 Å². The molecule has 0 aliphatic heterocycles. The van der Waals surface area contributed by atoms with Crippen LogP contribution >= 0.6 is 47.2 Å². The van der Waals surface area contributed by atoms with Crippen LogP contribution in [0.15, 0.2) is 61.6 Å². The Morgan fingerprint density at radius 1 is 1.06 bits per heavy atom. The van der Waals surface area contributed by atoms with Gasteiger partial charge in [0, 0.05) is 28.5 Å². The van der Waals surface area contributed by atoms with Crippen LogP contribution in [0.4, 0.5) is 23.0 Å². The Hall–Kier alpha value is -4.35. The lowest BCUT2D eigenvalue weighted by Gasteiger charge is -2.12. The van der Waals surface area contributed by atoms with Crippen LogP contribution in [0.2, 0.25) is 5.28 Å². The molecule has 4 rings (SSSR count). The molecule has 49 heavy (non-hydrogen) atoms. The molecule has 24 heteroatoms. The smallest absolute Gasteiger partial charge is 0.433 e. The minimum atomic E-state index is -4.85. The number of hydrogen-bond donors (Lipinski definition) is 5. The number of phenolic OH excluding ortho intramolecular Hbond substituents is 1. The molecule has 5 N–H and O–H groups in total. The predicted octanol–water partition coefficient (Wildman–Crippen LogP) is 5.93. The van der Waals surface area contributed by atoms with Gasteiger partial charge >= 0.3 is 16.4 Å². The van der Waals surface area contributed by atoms with E-state index in [9.17, 15) is 18.3 Å². The summed E-state index contributed by atoms with van der Waals surface area (Å²) in [6.45, 7) is 0. The third-order valence-corrected chi connectivity index (χ3v) is 8.05. The van der Waals surface area contributed by atoms with E-state index in [-0.39, 0.29) is 61.0 Å². The van der Waals surface area contributed by atoms with E-state index >= 15 is 0 Å². The molecule has 0 fully saturated rings. The van der Waals surface area contributed by atoms with Crippen LogP contribution in [-0.4, -0.2) is 69.3 Å². The molecule has 3 aromatic carbocycles. The lowest BCUT2D eigenvalue weighted by Crippen LogP contribution is -2.03. The van der Waals surface area contributed by atoms with Crippen LogP contribution in [-0.2, 0) is 33.8 Å². The summed E-state index contributed by atoms with van der Waals surface area (Å²) in [7, 11) is -2.14. The fourth-order valence-electron chi connectivity index (χ4n) is 3.61. The zero-order valence-corrected chi connectivity index (χ0v) is 28.4. The molecule has 0 radical (unpaired) electrons. The van der Waals surface area contributed by atoms with Gasteiger partial charge in [-0.2, -0.15) is 23.4 Å². The van der Waals surface area contributed by atoms with Crippen LogP contribution < -0.4 is 14.8 Å². The van der Waals surface area contributed by atoms with Crippen molar-refractivity contribution < 1.29 is 61.3 Å². The molecule has 1 aromatic heterocycles. The fourth-order valence-corrected chi connectivity index (χ4v) is 5.58. The number of anilines is 2. The second-order valence-electron chi connectivity index (χ2n) is 8.51. The fraction of sp³-hybridized carbons (Fsp3) is 0.120. The zero-order valence-electron chi connectivity index (χ0n) is 24.4. The van der Waals surface area contributed by atoms with Gasteiger partial charge in [-0.1, -0.05) is 22.9 Å². The number of rotatable bonds is 15. The van der Waals surface area contributed by atoms with Gasteiger partial charge in [-0.05, 0) is 51.3 Å². The van der Waals surface area contributed by atoms with E-state index in [0.29, 0.717) is 28.0 Å². The first kappa shape index (κ1) is 37.5. The number of thioether (sulfide) groups is 2. The van der Waals surface area contributed by atoms with Gasteiger partial charge in [-0.3, -0.25) is 14.2 Å². The second-order valence-corrected chi connectivity index (χ2v) is 12.4. The van der Waals surface area contributed by atoms with E-state index in [0.717, 1.165) is 23.5 Å². The number of fused-ring (bicyclic) bond motifs is 1. The highest BCUT2D eigenvalue weighted by Gasteiger charge is 2.18. The quantitative estimate of drug-likeness (QED) is 0.0178. The number of methoxy groups -OCH3 is 2. The van der Waals surface area contributed by atoms with E-state index < -0.39 is 16.4 Å². The van der Waals surface area contributed by atoms with Crippen molar-refractivity contribution in [1.29, 1.82) is 0 Å². The first-order valence-corrected chi connectivity index (χ1v) is 16.8. The number of carboxylic acids is 1. The third kappa shape index (κ3) is 10.8. The van der Waals surface area contributed by atoms with Crippen LogP contribution in [0, 0.1) is 11.4 Å². The number of aromatic nitrogens is 3. The number of carbonyl (C=O) groups is 1. The predicted molar refractivity (Wildman–Crippen MR) is 174 cm³/mol. The SMILES string of the molecule is COc1cc(SC#COOS(=O)(=O)O)c(OC)cc1N=Nc1c(SOOO)cc2ccc(Nc3nc(Cl)nc(SCC(=O)O)n3)cc2c1O. The number of aliphatic carboxylic acids is 1. The minimum Gasteiger partial charge on any atom is -0.505 e. The maximum Gasteiger partial charge on any atom is 0.433 e. The second kappa shape index (κ2) is 17.3. The summed E-state index contributed by atoms with van der Waals surface area (Å²) in [6, 6.07) is 9.30. The van der Waals surface area contributed by atoms with Crippen molar-refractivity contribution in [3.63, 3.8) is 0 Å². The van der Waals surface area contributed by atoms with Gasteiger partial charge < -0.3 is 25.0 Å². The average molecular weight is 775 g/mol. The number of nitrogens with zero attached hydrogens (tertiary/aromatic N) is 5. The number of carboxylic acid groups (broad SMARTS) is 1. The number of phenols is 1. The Bertz CT molecular complexity index is 2070. The standard InChI is InChI=1S/C25H19ClN6O13S4/c1-40-16-10-18(46-6-5-42-45-49(37,38)39)17(41-2)9-15(16)31-32-21-19(48-44-43-36)7-12-3-4-13(8-14(12)22(21)35)27-24-28-23(26)29-25(30-24)47-11-20(33)34/h3-4,7-10,35-36H,11H2,1-2H3,(H,33,34)(H,37,38,39)(H,27,28,29,30). The van der Waals surface area contributed by atoms with Crippen LogP contribution in [0.3, 0.4) is 0 Å². The molecule has 0 aliphatic carbocycles. The molecular formula is C25H19ClN6O13S4. The lowest BCUT2D eigenvalue weighted by molar-refractivity contribution is -0.432. The maximum absolute atomic E-state index is 11.3. The summed E-state index contributed by atoms with van der Waals surface area (Å²) in [6.07, 6.45) is 1.92. The molecule has 0 aliphatic rings. The molecule has 0 saturated carbocycles. The largest absolute Gasteiger partial charge is 0.505 e. The number of aromatic hydroxyl groups is 1. The number of nitrogens with one attached hydrogen (secondary N) is 1.